The van der Waals surface area contributed by atoms with Crippen LogP contribution < -0.4 is 10.1 Å². The Labute approximate surface area is 203 Å². The maximum Gasteiger partial charge on any atom is 0.291 e. The summed E-state index contributed by atoms with van der Waals surface area (Å²) < 4.78 is 3.83. The lowest BCUT2D eigenvalue weighted by Crippen LogP contribution is -2.23. The van der Waals surface area contributed by atoms with Crippen molar-refractivity contribution < 1.29 is 0 Å². The predicted octanol–water partition coefficient (Wildman–Crippen LogP) is 4.90. The first kappa shape index (κ1) is 20.7. The van der Waals surface area contributed by atoms with Crippen molar-refractivity contribution >= 4 is 33.7 Å². The van der Waals surface area contributed by atoms with Crippen LogP contribution in [-0.4, -0.2) is 24.4 Å². The Hall–Kier alpha value is -3.88. The SMILES string of the molecule is Cc1ccc(C)c(-c2nn(-c3ccccc3)cc2C=c2sc3nc(-c4cccs4)nn3c2=O)c1. The van der Waals surface area contributed by atoms with E-state index >= 15 is 0 Å². The quantitative estimate of drug-likeness (QED) is 0.359. The molecular weight excluding hydrogens is 462 g/mol. The largest absolute Gasteiger partial charge is 0.291 e. The van der Waals surface area contributed by atoms with Gasteiger partial charge in [0.25, 0.3) is 5.56 Å². The van der Waals surface area contributed by atoms with E-state index < -0.39 is 0 Å². The molecule has 0 bridgehead atoms. The maximum atomic E-state index is 13.2. The number of hydrogen-bond acceptors (Lipinski definition) is 6. The second-order valence-corrected chi connectivity index (χ2v) is 10.0. The van der Waals surface area contributed by atoms with Gasteiger partial charge >= 0.3 is 0 Å². The molecule has 4 heterocycles. The average molecular weight is 482 g/mol. The minimum atomic E-state index is -0.172. The van der Waals surface area contributed by atoms with Crippen LogP contribution in [0.1, 0.15) is 16.7 Å². The van der Waals surface area contributed by atoms with Crippen molar-refractivity contribution in [3.05, 3.63) is 104 Å². The Balaban J connectivity index is 1.54. The van der Waals surface area contributed by atoms with E-state index in [1.54, 1.807) is 11.3 Å². The molecule has 0 N–H and O–H groups in total. The Kier molecular flexibility index (Phi) is 4.97. The number of aromatic nitrogens is 5. The van der Waals surface area contributed by atoms with Gasteiger partial charge in [-0.3, -0.25) is 4.79 Å². The molecule has 0 aliphatic rings. The minimum Gasteiger partial charge on any atom is -0.266 e. The number of hydrogen-bond donors (Lipinski definition) is 0. The number of thiophene rings is 1. The lowest BCUT2D eigenvalue weighted by Gasteiger charge is -2.05. The number of rotatable bonds is 4. The second-order valence-electron chi connectivity index (χ2n) is 8.05. The van der Waals surface area contributed by atoms with Crippen LogP contribution in [-0.2, 0) is 0 Å². The molecule has 0 aliphatic heterocycles. The van der Waals surface area contributed by atoms with Crippen LogP contribution in [0.15, 0.2) is 77.0 Å². The fraction of sp³-hybridized carbons (Fsp3) is 0.0769. The molecule has 6 rings (SSSR count). The Bertz CT molecular complexity index is 1740. The van der Waals surface area contributed by atoms with E-state index in [-0.39, 0.29) is 5.56 Å². The highest BCUT2D eigenvalue weighted by Crippen LogP contribution is 2.28. The van der Waals surface area contributed by atoms with E-state index in [1.807, 2.05) is 64.8 Å². The lowest BCUT2D eigenvalue weighted by molar-refractivity contribution is 0.884. The van der Waals surface area contributed by atoms with Gasteiger partial charge in [0.15, 0.2) is 5.82 Å². The molecule has 0 fully saturated rings. The van der Waals surface area contributed by atoms with Crippen LogP contribution in [0.5, 0.6) is 0 Å². The summed E-state index contributed by atoms with van der Waals surface area (Å²) in [6, 6.07) is 20.2. The standard InChI is InChI=1S/C26H19N5OS2/c1-16-10-11-17(2)20(13-16)23-18(15-30(28-23)19-7-4-3-5-8-19)14-22-25(32)31-26(34-22)27-24(29-31)21-9-6-12-33-21/h3-15H,1-2H3. The van der Waals surface area contributed by atoms with Gasteiger partial charge in [-0.15, -0.1) is 16.4 Å². The fourth-order valence-corrected chi connectivity index (χ4v) is 5.44. The number of aryl methyl sites for hydroxylation is 2. The van der Waals surface area contributed by atoms with Crippen LogP contribution in [0.25, 0.3) is 38.7 Å². The van der Waals surface area contributed by atoms with Crippen molar-refractivity contribution in [3.8, 4) is 27.6 Å². The summed E-state index contributed by atoms with van der Waals surface area (Å²) >= 11 is 2.90. The number of thiazole rings is 1. The Morgan fingerprint density at radius 1 is 0.971 bits per heavy atom. The normalized spacial score (nSPS) is 12.1. The molecule has 2 aromatic carbocycles. The monoisotopic (exact) mass is 481 g/mol. The zero-order valence-electron chi connectivity index (χ0n) is 18.5. The molecule has 6 nitrogen and oxygen atoms in total. The summed E-state index contributed by atoms with van der Waals surface area (Å²) in [5, 5.41) is 11.3. The van der Waals surface area contributed by atoms with Crippen molar-refractivity contribution in [2.24, 2.45) is 0 Å². The first-order valence-electron chi connectivity index (χ1n) is 10.7. The van der Waals surface area contributed by atoms with E-state index in [0.717, 1.165) is 38.5 Å². The van der Waals surface area contributed by atoms with E-state index in [9.17, 15) is 4.79 Å². The van der Waals surface area contributed by atoms with E-state index in [1.165, 1.54) is 15.9 Å². The van der Waals surface area contributed by atoms with Crippen molar-refractivity contribution in [2.45, 2.75) is 13.8 Å². The fourth-order valence-electron chi connectivity index (χ4n) is 3.89. The molecule has 0 spiro atoms. The third kappa shape index (κ3) is 3.57. The van der Waals surface area contributed by atoms with Crippen molar-refractivity contribution in [2.75, 3.05) is 0 Å². The van der Waals surface area contributed by atoms with Crippen molar-refractivity contribution in [1.82, 2.24) is 24.4 Å². The van der Waals surface area contributed by atoms with Crippen LogP contribution in [0.3, 0.4) is 0 Å². The van der Waals surface area contributed by atoms with E-state index in [0.29, 0.717) is 15.3 Å². The molecular formula is C26H19N5OS2. The van der Waals surface area contributed by atoms with Crippen molar-refractivity contribution in [1.29, 1.82) is 0 Å². The van der Waals surface area contributed by atoms with Gasteiger partial charge in [0.2, 0.25) is 4.96 Å². The van der Waals surface area contributed by atoms with Crippen LogP contribution in [0.2, 0.25) is 0 Å². The summed E-state index contributed by atoms with van der Waals surface area (Å²) in [5.74, 6) is 0.581. The molecule has 0 atom stereocenters. The average Bonchev–Trinajstić information content (AvgIpc) is 3.63. The number of para-hydroxylation sites is 1. The molecule has 34 heavy (non-hydrogen) atoms. The molecule has 0 saturated carbocycles. The van der Waals surface area contributed by atoms with Crippen LogP contribution >= 0.6 is 22.7 Å². The number of benzene rings is 2. The van der Waals surface area contributed by atoms with Gasteiger partial charge in [0.05, 0.1) is 15.1 Å². The van der Waals surface area contributed by atoms with Gasteiger partial charge in [0, 0.05) is 17.3 Å². The summed E-state index contributed by atoms with van der Waals surface area (Å²) in [6.07, 6.45) is 3.87. The summed E-state index contributed by atoms with van der Waals surface area (Å²) in [5.41, 5.74) is 5.83. The van der Waals surface area contributed by atoms with Gasteiger partial charge in [-0.2, -0.15) is 14.6 Å². The molecule has 8 heteroatoms. The summed E-state index contributed by atoms with van der Waals surface area (Å²) in [4.78, 5) is 19.3. The molecule has 4 aromatic heterocycles. The molecule has 0 radical (unpaired) electrons. The first-order valence-corrected chi connectivity index (χ1v) is 12.4. The maximum absolute atomic E-state index is 13.2. The van der Waals surface area contributed by atoms with Crippen LogP contribution in [0, 0.1) is 13.8 Å². The third-order valence-electron chi connectivity index (χ3n) is 5.62. The second kappa shape index (κ2) is 8.16. The van der Waals surface area contributed by atoms with Gasteiger partial charge in [-0.05, 0) is 55.1 Å². The number of fused-ring (bicyclic) bond motifs is 1. The summed E-state index contributed by atoms with van der Waals surface area (Å²) in [6.45, 7) is 4.15. The Morgan fingerprint density at radius 2 is 1.82 bits per heavy atom. The zero-order chi connectivity index (χ0) is 23.2. The predicted molar refractivity (Wildman–Crippen MR) is 138 cm³/mol. The third-order valence-corrected chi connectivity index (χ3v) is 7.45. The Morgan fingerprint density at radius 3 is 2.59 bits per heavy atom. The molecule has 0 saturated heterocycles. The van der Waals surface area contributed by atoms with Crippen LogP contribution in [0.4, 0.5) is 0 Å². The van der Waals surface area contributed by atoms with Gasteiger partial charge in [-0.25, -0.2) is 4.68 Å². The summed E-state index contributed by atoms with van der Waals surface area (Å²) in [7, 11) is 0. The minimum absolute atomic E-state index is 0.172. The van der Waals surface area contributed by atoms with E-state index in [4.69, 9.17) is 5.10 Å². The molecule has 0 aliphatic carbocycles. The van der Waals surface area contributed by atoms with Gasteiger partial charge in [-0.1, -0.05) is 53.3 Å². The number of nitrogens with zero attached hydrogens (tertiary/aromatic N) is 5. The highest BCUT2D eigenvalue weighted by molar-refractivity contribution is 7.15. The highest BCUT2D eigenvalue weighted by atomic mass is 32.1. The topological polar surface area (TPSA) is 65.1 Å². The highest BCUT2D eigenvalue weighted by Gasteiger charge is 2.16. The molecule has 166 valence electrons. The molecule has 0 amide bonds. The van der Waals surface area contributed by atoms with Crippen molar-refractivity contribution in [3.63, 3.8) is 0 Å². The molecule has 0 unspecified atom stereocenters. The van der Waals surface area contributed by atoms with E-state index in [2.05, 4.69) is 42.1 Å². The van der Waals surface area contributed by atoms with Gasteiger partial charge < -0.3 is 0 Å². The lowest BCUT2D eigenvalue weighted by atomic mass is 10.0. The van der Waals surface area contributed by atoms with Gasteiger partial charge in [0.1, 0.15) is 5.69 Å². The smallest absolute Gasteiger partial charge is 0.266 e. The first-order chi connectivity index (χ1) is 16.6. The molecule has 6 aromatic rings. The zero-order valence-corrected chi connectivity index (χ0v) is 20.1.